The van der Waals surface area contributed by atoms with E-state index < -0.39 is 0 Å². The van der Waals surface area contributed by atoms with Gasteiger partial charge in [0.25, 0.3) is 0 Å². The predicted molar refractivity (Wildman–Crippen MR) is 75.4 cm³/mol. The van der Waals surface area contributed by atoms with Gasteiger partial charge in [0, 0.05) is 12.6 Å². The van der Waals surface area contributed by atoms with Crippen molar-refractivity contribution in [2.24, 2.45) is 5.92 Å². The van der Waals surface area contributed by atoms with Gasteiger partial charge in [-0.3, -0.25) is 0 Å². The second kappa shape index (κ2) is 7.98. The summed E-state index contributed by atoms with van der Waals surface area (Å²) in [4.78, 5) is 0. The summed E-state index contributed by atoms with van der Waals surface area (Å²) in [6, 6.07) is 7.76. The summed E-state index contributed by atoms with van der Waals surface area (Å²) >= 11 is 0. The minimum Gasteiger partial charge on any atom is -0.497 e. The van der Waals surface area contributed by atoms with Gasteiger partial charge >= 0.3 is 0 Å². The quantitative estimate of drug-likeness (QED) is 0.770. The predicted octanol–water partition coefficient (Wildman–Crippen LogP) is 3.10. The summed E-state index contributed by atoms with van der Waals surface area (Å²) in [5, 5.41) is 3.43. The van der Waals surface area contributed by atoms with Gasteiger partial charge in [0.1, 0.15) is 17.6 Å². The number of methoxy groups -OCH3 is 1. The molecule has 0 aliphatic rings. The molecular formula is C15H25NO2. The zero-order chi connectivity index (χ0) is 13.4. The Hall–Kier alpha value is -1.22. The average Bonchev–Trinajstić information content (AvgIpc) is 2.37. The molecule has 1 unspecified atom stereocenters. The number of hydrogen-bond donors (Lipinski definition) is 1. The first-order valence-electron chi connectivity index (χ1n) is 6.67. The summed E-state index contributed by atoms with van der Waals surface area (Å²) < 4.78 is 11.1. The molecule has 0 aromatic heterocycles. The Morgan fingerprint density at radius 2 is 1.89 bits per heavy atom. The van der Waals surface area contributed by atoms with Gasteiger partial charge < -0.3 is 14.8 Å². The Morgan fingerprint density at radius 3 is 2.50 bits per heavy atom. The van der Waals surface area contributed by atoms with Crippen molar-refractivity contribution in [1.29, 1.82) is 0 Å². The monoisotopic (exact) mass is 251 g/mol. The van der Waals surface area contributed by atoms with Gasteiger partial charge in [-0.05, 0) is 31.0 Å². The normalized spacial score (nSPS) is 12.5. The lowest BCUT2D eigenvalue weighted by Gasteiger charge is -2.19. The molecule has 1 aromatic carbocycles. The van der Waals surface area contributed by atoms with Gasteiger partial charge in [0.15, 0.2) is 0 Å². The van der Waals surface area contributed by atoms with E-state index in [1.807, 2.05) is 24.3 Å². The average molecular weight is 251 g/mol. The Morgan fingerprint density at radius 1 is 1.17 bits per heavy atom. The Labute approximate surface area is 110 Å². The van der Waals surface area contributed by atoms with Crippen molar-refractivity contribution in [2.45, 2.75) is 33.3 Å². The molecule has 0 aliphatic carbocycles. The van der Waals surface area contributed by atoms with E-state index in [9.17, 15) is 0 Å². The maximum atomic E-state index is 5.95. The van der Waals surface area contributed by atoms with Crippen LogP contribution in [0.1, 0.15) is 27.2 Å². The van der Waals surface area contributed by atoms with Crippen LogP contribution < -0.4 is 14.8 Å². The van der Waals surface area contributed by atoms with Gasteiger partial charge in [0.05, 0.1) is 7.11 Å². The van der Waals surface area contributed by atoms with Gasteiger partial charge in [-0.2, -0.15) is 0 Å². The molecule has 0 saturated carbocycles. The summed E-state index contributed by atoms with van der Waals surface area (Å²) in [6.45, 7) is 8.46. The molecular weight excluding hydrogens is 226 g/mol. The van der Waals surface area contributed by atoms with Crippen LogP contribution in [0.2, 0.25) is 0 Å². The molecule has 0 aliphatic heterocycles. The summed E-state index contributed by atoms with van der Waals surface area (Å²) in [6.07, 6.45) is 1.19. The molecule has 3 nitrogen and oxygen atoms in total. The van der Waals surface area contributed by atoms with E-state index in [2.05, 4.69) is 26.1 Å². The molecule has 0 saturated heterocycles. The van der Waals surface area contributed by atoms with Crippen molar-refractivity contribution in [3.8, 4) is 11.5 Å². The molecule has 3 heteroatoms. The van der Waals surface area contributed by atoms with Crippen LogP contribution in [-0.2, 0) is 0 Å². The van der Waals surface area contributed by atoms with Crippen LogP contribution >= 0.6 is 0 Å². The second-order valence-electron chi connectivity index (χ2n) is 4.88. The maximum Gasteiger partial charge on any atom is 0.123 e. The molecule has 0 heterocycles. The molecule has 0 fully saturated rings. The van der Waals surface area contributed by atoms with Crippen molar-refractivity contribution >= 4 is 0 Å². The number of hydrogen-bond acceptors (Lipinski definition) is 3. The largest absolute Gasteiger partial charge is 0.497 e. The van der Waals surface area contributed by atoms with E-state index >= 15 is 0 Å². The lowest BCUT2D eigenvalue weighted by atomic mass is 10.2. The minimum absolute atomic E-state index is 0.204. The zero-order valence-electron chi connectivity index (χ0n) is 11.9. The fourth-order valence-electron chi connectivity index (χ4n) is 1.67. The fourth-order valence-corrected chi connectivity index (χ4v) is 1.67. The van der Waals surface area contributed by atoms with Crippen molar-refractivity contribution in [3.05, 3.63) is 24.3 Å². The van der Waals surface area contributed by atoms with Crippen LogP contribution in [0.3, 0.4) is 0 Å². The van der Waals surface area contributed by atoms with Crippen molar-refractivity contribution < 1.29 is 9.47 Å². The molecule has 1 atom stereocenters. The molecule has 1 N–H and O–H groups in total. The standard InChI is InChI=1S/C15H25NO2/c1-5-13(11-16-10-12(2)3)18-15-8-6-7-14(9-15)17-4/h6-9,12-13,16H,5,10-11H2,1-4H3. The molecule has 1 rings (SSSR count). The molecule has 1 aromatic rings. The second-order valence-corrected chi connectivity index (χ2v) is 4.88. The van der Waals surface area contributed by atoms with E-state index in [-0.39, 0.29) is 6.10 Å². The highest BCUT2D eigenvalue weighted by molar-refractivity contribution is 5.32. The molecule has 0 radical (unpaired) electrons. The highest BCUT2D eigenvalue weighted by Crippen LogP contribution is 2.20. The molecule has 102 valence electrons. The molecule has 18 heavy (non-hydrogen) atoms. The van der Waals surface area contributed by atoms with Crippen LogP contribution in [0.25, 0.3) is 0 Å². The van der Waals surface area contributed by atoms with Crippen LogP contribution in [-0.4, -0.2) is 26.3 Å². The molecule has 0 amide bonds. The molecule has 0 bridgehead atoms. The summed E-state index contributed by atoms with van der Waals surface area (Å²) in [7, 11) is 1.67. The number of rotatable bonds is 8. The smallest absolute Gasteiger partial charge is 0.123 e. The first-order valence-corrected chi connectivity index (χ1v) is 6.67. The summed E-state index contributed by atoms with van der Waals surface area (Å²) in [5.74, 6) is 2.37. The number of nitrogens with one attached hydrogen (secondary N) is 1. The van der Waals surface area contributed by atoms with Gasteiger partial charge in [-0.1, -0.05) is 26.8 Å². The first-order chi connectivity index (χ1) is 8.65. The zero-order valence-corrected chi connectivity index (χ0v) is 11.9. The van der Waals surface area contributed by atoms with Gasteiger partial charge in [0.2, 0.25) is 0 Å². The minimum atomic E-state index is 0.204. The molecule has 0 spiro atoms. The first kappa shape index (κ1) is 14.8. The van der Waals surface area contributed by atoms with E-state index in [1.165, 1.54) is 0 Å². The van der Waals surface area contributed by atoms with Crippen LogP contribution in [0, 0.1) is 5.92 Å². The fraction of sp³-hybridized carbons (Fsp3) is 0.600. The lowest BCUT2D eigenvalue weighted by Crippen LogP contribution is -2.32. The topological polar surface area (TPSA) is 30.5 Å². The van der Waals surface area contributed by atoms with Crippen LogP contribution in [0.5, 0.6) is 11.5 Å². The number of ether oxygens (including phenoxy) is 2. The van der Waals surface area contributed by atoms with E-state index in [4.69, 9.17) is 9.47 Å². The van der Waals surface area contributed by atoms with E-state index in [1.54, 1.807) is 7.11 Å². The van der Waals surface area contributed by atoms with Crippen molar-refractivity contribution in [3.63, 3.8) is 0 Å². The SMILES string of the molecule is CCC(CNCC(C)C)Oc1cccc(OC)c1. The van der Waals surface area contributed by atoms with Crippen LogP contribution in [0.4, 0.5) is 0 Å². The Balaban J connectivity index is 2.46. The third-order valence-corrected chi connectivity index (χ3v) is 2.72. The third kappa shape index (κ3) is 5.41. The van der Waals surface area contributed by atoms with Crippen molar-refractivity contribution in [2.75, 3.05) is 20.2 Å². The highest BCUT2D eigenvalue weighted by atomic mass is 16.5. The van der Waals surface area contributed by atoms with E-state index in [0.29, 0.717) is 5.92 Å². The van der Waals surface area contributed by atoms with E-state index in [0.717, 1.165) is 31.0 Å². The highest BCUT2D eigenvalue weighted by Gasteiger charge is 2.08. The third-order valence-electron chi connectivity index (χ3n) is 2.72. The van der Waals surface area contributed by atoms with Crippen LogP contribution in [0.15, 0.2) is 24.3 Å². The number of benzene rings is 1. The summed E-state index contributed by atoms with van der Waals surface area (Å²) in [5.41, 5.74) is 0. The van der Waals surface area contributed by atoms with Gasteiger partial charge in [-0.25, -0.2) is 0 Å². The van der Waals surface area contributed by atoms with Crippen molar-refractivity contribution in [1.82, 2.24) is 5.32 Å². The maximum absolute atomic E-state index is 5.95. The Kier molecular flexibility index (Phi) is 6.58. The Bertz CT molecular complexity index is 339. The van der Waals surface area contributed by atoms with Gasteiger partial charge in [-0.15, -0.1) is 0 Å². The lowest BCUT2D eigenvalue weighted by molar-refractivity contribution is 0.191.